The predicted molar refractivity (Wildman–Crippen MR) is 149 cm³/mol. The Hall–Kier alpha value is -4.17. The molecule has 0 saturated carbocycles. The van der Waals surface area contributed by atoms with Gasteiger partial charge in [-0.2, -0.15) is 4.99 Å². The van der Waals surface area contributed by atoms with Gasteiger partial charge in [-0.05, 0) is 48.7 Å². The number of nitrogens with zero attached hydrogens (tertiary/aromatic N) is 1. The van der Waals surface area contributed by atoms with Crippen molar-refractivity contribution in [2.24, 2.45) is 16.5 Å². The third kappa shape index (κ3) is 14.1. The number of carbonyl (C=O) groups is 2. The molecule has 198 valence electrons. The summed E-state index contributed by atoms with van der Waals surface area (Å²) in [6, 6.07) is 25.6. The molecule has 0 aliphatic carbocycles. The number of aryl methyl sites for hydroxylation is 2. The second kappa shape index (κ2) is 19.1. The van der Waals surface area contributed by atoms with Gasteiger partial charge < -0.3 is 31.1 Å². The Morgan fingerprint density at radius 3 is 1.89 bits per heavy atom. The van der Waals surface area contributed by atoms with Crippen LogP contribution in [0.15, 0.2) is 83.9 Å². The van der Waals surface area contributed by atoms with Gasteiger partial charge in [0.15, 0.2) is 17.5 Å². The van der Waals surface area contributed by atoms with E-state index in [2.05, 4.69) is 10.3 Å². The standard InChI is InChI=1S/C10H13N3O.C10H15NO2.C9H10O/c11-10(12)13-9(14)7-6-8-4-2-1-3-5-8;1-11-7-8-4-5-9(12-2)10(6-8)13-3;10-8-4-7-9-5-2-1-3-6-9/h1-5H,6-7H2,(H4,11,12,13,14);4-6,11H,7H2,1-3H3;1-3,5-6,8H,4,7H2. The Kier molecular flexibility index (Phi) is 15.9. The van der Waals surface area contributed by atoms with E-state index >= 15 is 0 Å². The molecule has 3 aromatic carbocycles. The van der Waals surface area contributed by atoms with E-state index in [0.29, 0.717) is 19.3 Å². The average Bonchev–Trinajstić information content (AvgIpc) is 2.92. The van der Waals surface area contributed by atoms with Crippen molar-refractivity contribution >= 4 is 18.2 Å². The smallest absolute Gasteiger partial charge is 0.249 e. The molecule has 0 spiro atoms. The molecule has 1 amide bonds. The zero-order valence-electron chi connectivity index (χ0n) is 21.9. The lowest BCUT2D eigenvalue weighted by Crippen LogP contribution is -2.24. The molecule has 0 fully saturated rings. The lowest BCUT2D eigenvalue weighted by Gasteiger charge is -2.08. The molecule has 0 aliphatic heterocycles. The lowest BCUT2D eigenvalue weighted by molar-refractivity contribution is -0.117. The second-order valence-electron chi connectivity index (χ2n) is 7.83. The van der Waals surface area contributed by atoms with Crippen molar-refractivity contribution in [3.63, 3.8) is 0 Å². The van der Waals surface area contributed by atoms with E-state index < -0.39 is 0 Å². The summed E-state index contributed by atoms with van der Waals surface area (Å²) in [6.45, 7) is 0.834. The van der Waals surface area contributed by atoms with Gasteiger partial charge >= 0.3 is 0 Å². The zero-order valence-corrected chi connectivity index (χ0v) is 21.9. The number of aldehydes is 1. The van der Waals surface area contributed by atoms with E-state index in [1.54, 1.807) is 14.2 Å². The molecule has 0 heterocycles. The highest BCUT2D eigenvalue weighted by atomic mass is 16.5. The van der Waals surface area contributed by atoms with Gasteiger partial charge in [-0.1, -0.05) is 66.7 Å². The summed E-state index contributed by atoms with van der Waals surface area (Å²) in [6.07, 6.45) is 3.44. The van der Waals surface area contributed by atoms with Crippen molar-refractivity contribution in [2.45, 2.75) is 32.2 Å². The van der Waals surface area contributed by atoms with E-state index in [1.807, 2.05) is 85.9 Å². The molecule has 3 aromatic rings. The fourth-order valence-electron chi connectivity index (χ4n) is 3.16. The van der Waals surface area contributed by atoms with Crippen LogP contribution in [0.5, 0.6) is 11.5 Å². The van der Waals surface area contributed by atoms with Gasteiger partial charge in [-0.3, -0.25) is 4.79 Å². The summed E-state index contributed by atoms with van der Waals surface area (Å²) in [7, 11) is 5.19. The predicted octanol–water partition coefficient (Wildman–Crippen LogP) is 3.66. The van der Waals surface area contributed by atoms with Gasteiger partial charge in [-0.25, -0.2) is 0 Å². The number of guanidine groups is 1. The third-order valence-electron chi connectivity index (χ3n) is 4.95. The number of hydrogen-bond donors (Lipinski definition) is 3. The van der Waals surface area contributed by atoms with E-state index in [1.165, 1.54) is 11.1 Å². The molecule has 0 unspecified atom stereocenters. The summed E-state index contributed by atoms with van der Waals surface area (Å²) in [5, 5.41) is 3.08. The Bertz CT molecular complexity index is 1070. The fourth-order valence-corrected chi connectivity index (χ4v) is 3.16. The second-order valence-corrected chi connectivity index (χ2v) is 7.83. The highest BCUT2D eigenvalue weighted by molar-refractivity contribution is 5.91. The van der Waals surface area contributed by atoms with Gasteiger partial charge in [0.1, 0.15) is 6.29 Å². The molecule has 8 heteroatoms. The summed E-state index contributed by atoms with van der Waals surface area (Å²) < 4.78 is 10.3. The maximum atomic E-state index is 11.1. The number of carbonyl (C=O) groups excluding carboxylic acids is 2. The normalized spacial score (nSPS) is 9.49. The van der Waals surface area contributed by atoms with Crippen LogP contribution in [0.3, 0.4) is 0 Å². The largest absolute Gasteiger partial charge is 0.493 e. The summed E-state index contributed by atoms with van der Waals surface area (Å²) in [4.78, 5) is 24.5. The number of methoxy groups -OCH3 is 2. The maximum Gasteiger partial charge on any atom is 0.249 e. The quantitative estimate of drug-likeness (QED) is 0.217. The zero-order chi connectivity index (χ0) is 27.3. The van der Waals surface area contributed by atoms with Gasteiger partial charge in [-0.15, -0.1) is 0 Å². The molecule has 0 radical (unpaired) electrons. The van der Waals surface area contributed by atoms with Crippen molar-refractivity contribution in [1.82, 2.24) is 5.32 Å². The minimum atomic E-state index is -0.283. The van der Waals surface area contributed by atoms with Crippen LogP contribution in [0.1, 0.15) is 29.5 Å². The van der Waals surface area contributed by atoms with Crippen molar-refractivity contribution in [2.75, 3.05) is 21.3 Å². The first-order valence-corrected chi connectivity index (χ1v) is 11.9. The number of amides is 1. The number of nitrogens with two attached hydrogens (primary N) is 2. The molecule has 0 aromatic heterocycles. The Morgan fingerprint density at radius 2 is 1.41 bits per heavy atom. The molecule has 0 bridgehead atoms. The Balaban J connectivity index is 0.000000281. The lowest BCUT2D eigenvalue weighted by atomic mass is 10.1. The number of benzene rings is 3. The van der Waals surface area contributed by atoms with Gasteiger partial charge in [0.05, 0.1) is 14.2 Å². The molecule has 3 rings (SSSR count). The number of nitrogens with one attached hydrogen (secondary N) is 1. The average molecular weight is 507 g/mol. The molecule has 8 nitrogen and oxygen atoms in total. The van der Waals surface area contributed by atoms with Gasteiger partial charge in [0, 0.05) is 19.4 Å². The molecule has 0 atom stereocenters. The first-order chi connectivity index (χ1) is 17.9. The first-order valence-electron chi connectivity index (χ1n) is 11.9. The molecular formula is C29H38N4O4. The van der Waals surface area contributed by atoms with Crippen LogP contribution < -0.4 is 26.3 Å². The Morgan fingerprint density at radius 1 is 0.838 bits per heavy atom. The molecule has 0 saturated heterocycles. The van der Waals surface area contributed by atoms with Crippen molar-refractivity contribution in [3.05, 3.63) is 95.6 Å². The van der Waals surface area contributed by atoms with Gasteiger partial charge in [0.2, 0.25) is 5.91 Å². The van der Waals surface area contributed by atoms with Crippen LogP contribution in [0.25, 0.3) is 0 Å². The fraction of sp³-hybridized carbons (Fsp3) is 0.276. The van der Waals surface area contributed by atoms with Crippen LogP contribution in [0.2, 0.25) is 0 Å². The van der Waals surface area contributed by atoms with E-state index in [9.17, 15) is 9.59 Å². The molecular weight excluding hydrogens is 468 g/mol. The number of rotatable bonds is 10. The van der Waals surface area contributed by atoms with E-state index in [0.717, 1.165) is 36.3 Å². The van der Waals surface area contributed by atoms with E-state index in [4.69, 9.17) is 20.9 Å². The summed E-state index contributed by atoms with van der Waals surface area (Å²) in [5.74, 6) is 1.08. The van der Waals surface area contributed by atoms with Crippen molar-refractivity contribution in [3.8, 4) is 11.5 Å². The number of ether oxygens (including phenoxy) is 2. The van der Waals surface area contributed by atoms with Crippen LogP contribution >= 0.6 is 0 Å². The molecule has 0 aliphatic rings. The Labute approximate surface area is 219 Å². The summed E-state index contributed by atoms with van der Waals surface area (Å²) >= 11 is 0. The van der Waals surface area contributed by atoms with Crippen LogP contribution in [0, 0.1) is 0 Å². The summed E-state index contributed by atoms with van der Waals surface area (Å²) in [5.41, 5.74) is 13.7. The van der Waals surface area contributed by atoms with Crippen LogP contribution in [0.4, 0.5) is 0 Å². The highest BCUT2D eigenvalue weighted by Gasteiger charge is 2.03. The van der Waals surface area contributed by atoms with E-state index in [-0.39, 0.29) is 11.9 Å². The first kappa shape index (κ1) is 30.9. The van der Waals surface area contributed by atoms with Gasteiger partial charge in [0.25, 0.3) is 0 Å². The SMILES string of the molecule is CNCc1ccc(OC)c(OC)c1.NC(N)=NC(=O)CCc1ccccc1.O=CCCc1ccccc1. The molecule has 5 N–H and O–H groups in total. The van der Waals surface area contributed by atoms with Crippen LogP contribution in [-0.4, -0.2) is 39.4 Å². The third-order valence-corrected chi connectivity index (χ3v) is 4.95. The monoisotopic (exact) mass is 506 g/mol. The van der Waals surface area contributed by atoms with Crippen molar-refractivity contribution in [1.29, 1.82) is 0 Å². The number of aliphatic imine (C=N–C) groups is 1. The minimum Gasteiger partial charge on any atom is -0.493 e. The topological polar surface area (TPSA) is 129 Å². The maximum absolute atomic E-state index is 11.1. The van der Waals surface area contributed by atoms with Crippen LogP contribution in [-0.2, 0) is 29.0 Å². The molecule has 37 heavy (non-hydrogen) atoms. The highest BCUT2D eigenvalue weighted by Crippen LogP contribution is 2.27. The number of hydrogen-bond acceptors (Lipinski definition) is 5. The minimum absolute atomic E-state index is 0.178. The van der Waals surface area contributed by atoms with Crippen molar-refractivity contribution < 1.29 is 19.1 Å².